The summed E-state index contributed by atoms with van der Waals surface area (Å²) < 4.78 is 4.53. The van der Waals surface area contributed by atoms with E-state index in [1.54, 1.807) is 7.05 Å². The maximum atomic E-state index is 10.9. The Morgan fingerprint density at radius 2 is 2.45 bits per heavy atom. The van der Waals surface area contributed by atoms with E-state index in [-0.39, 0.29) is 6.09 Å². The third kappa shape index (κ3) is 1.71. The number of hydrogen-bond donors (Lipinski definition) is 0. The summed E-state index contributed by atoms with van der Waals surface area (Å²) in [4.78, 5) is 12.4. The van der Waals surface area contributed by atoms with Crippen molar-refractivity contribution in [2.45, 2.75) is 0 Å². The number of carbonyl (C=O) groups excluding carboxylic acids is 1. The molecule has 3 nitrogen and oxygen atoms in total. The Morgan fingerprint density at radius 1 is 1.73 bits per heavy atom. The van der Waals surface area contributed by atoms with Crippen molar-refractivity contribution in [2.75, 3.05) is 19.1 Å². The molecule has 0 radical (unpaired) electrons. The minimum absolute atomic E-state index is 0.340. The first-order valence-electron chi connectivity index (χ1n) is 3.11. The average Bonchev–Trinajstić information content (AvgIpc) is 2.53. The van der Waals surface area contributed by atoms with Crippen LogP contribution in [0.4, 0.5) is 9.80 Å². The van der Waals surface area contributed by atoms with Crippen LogP contribution in [0.1, 0.15) is 0 Å². The largest absolute Gasteiger partial charge is 0.452 e. The fraction of sp³-hybridized carbons (Fsp3) is 0.286. The topological polar surface area (TPSA) is 29.5 Å². The third-order valence-corrected chi connectivity index (χ3v) is 2.23. The summed E-state index contributed by atoms with van der Waals surface area (Å²) in [5, 5.41) is 2.80. The normalized spacial score (nSPS) is 9.27. The van der Waals surface area contributed by atoms with Crippen LogP contribution in [0.25, 0.3) is 0 Å². The van der Waals surface area contributed by atoms with Gasteiger partial charge in [-0.3, -0.25) is 4.90 Å². The molecule has 0 N–H and O–H groups in total. The number of thiophene rings is 1. The Morgan fingerprint density at radius 3 is 2.91 bits per heavy atom. The molecule has 0 unspecified atom stereocenters. The SMILES string of the molecule is COC(=O)N(C)c1cccs1. The van der Waals surface area contributed by atoms with Crippen LogP contribution in [-0.4, -0.2) is 20.3 Å². The molecule has 0 aliphatic heterocycles. The number of hydrogen-bond acceptors (Lipinski definition) is 3. The molecular weight excluding hydrogens is 162 g/mol. The maximum absolute atomic E-state index is 10.9. The number of ether oxygens (including phenoxy) is 1. The second-order valence-corrected chi connectivity index (χ2v) is 2.91. The Labute approximate surface area is 69.2 Å². The van der Waals surface area contributed by atoms with E-state index in [4.69, 9.17) is 0 Å². The highest BCUT2D eigenvalue weighted by Gasteiger charge is 2.09. The molecule has 0 atom stereocenters. The van der Waals surface area contributed by atoms with E-state index in [1.807, 2.05) is 17.5 Å². The van der Waals surface area contributed by atoms with Gasteiger partial charge < -0.3 is 4.74 Å². The Hall–Kier alpha value is -1.03. The van der Waals surface area contributed by atoms with Crippen molar-refractivity contribution in [1.82, 2.24) is 0 Å². The summed E-state index contributed by atoms with van der Waals surface area (Å²) in [6, 6.07) is 3.75. The van der Waals surface area contributed by atoms with Crippen LogP contribution in [0.5, 0.6) is 0 Å². The fourth-order valence-corrected chi connectivity index (χ4v) is 1.37. The van der Waals surface area contributed by atoms with E-state index < -0.39 is 0 Å². The minimum Gasteiger partial charge on any atom is -0.452 e. The lowest BCUT2D eigenvalue weighted by Gasteiger charge is -2.11. The number of rotatable bonds is 1. The molecule has 1 amide bonds. The van der Waals surface area contributed by atoms with Crippen LogP contribution in [0, 0.1) is 0 Å². The zero-order valence-corrected chi connectivity index (χ0v) is 7.22. The zero-order chi connectivity index (χ0) is 8.27. The zero-order valence-electron chi connectivity index (χ0n) is 6.40. The molecule has 0 fully saturated rings. The molecule has 0 spiro atoms. The van der Waals surface area contributed by atoms with Crippen molar-refractivity contribution in [1.29, 1.82) is 0 Å². The van der Waals surface area contributed by atoms with Crippen molar-refractivity contribution >= 4 is 22.4 Å². The van der Waals surface area contributed by atoms with Crippen LogP contribution in [-0.2, 0) is 4.74 Å². The van der Waals surface area contributed by atoms with Crippen molar-refractivity contribution in [3.63, 3.8) is 0 Å². The molecule has 0 aliphatic carbocycles. The van der Waals surface area contributed by atoms with Gasteiger partial charge in [-0.1, -0.05) is 0 Å². The Bertz CT molecular complexity index is 233. The molecule has 1 aromatic rings. The number of carbonyl (C=O) groups is 1. The molecular formula is C7H9NO2S. The van der Waals surface area contributed by atoms with Gasteiger partial charge in [-0.25, -0.2) is 4.79 Å². The predicted octanol–water partition coefficient (Wildman–Crippen LogP) is 1.95. The minimum atomic E-state index is -0.340. The van der Waals surface area contributed by atoms with Gasteiger partial charge in [-0.2, -0.15) is 0 Å². The van der Waals surface area contributed by atoms with Gasteiger partial charge >= 0.3 is 6.09 Å². The van der Waals surface area contributed by atoms with Gasteiger partial charge in [0.15, 0.2) is 0 Å². The highest BCUT2D eigenvalue weighted by atomic mass is 32.1. The predicted molar refractivity (Wildman–Crippen MR) is 45.1 cm³/mol. The van der Waals surface area contributed by atoms with E-state index in [1.165, 1.54) is 23.3 Å². The maximum Gasteiger partial charge on any atom is 0.414 e. The van der Waals surface area contributed by atoms with Crippen molar-refractivity contribution < 1.29 is 9.53 Å². The molecule has 60 valence electrons. The number of nitrogens with zero attached hydrogens (tertiary/aromatic N) is 1. The van der Waals surface area contributed by atoms with Crippen molar-refractivity contribution in [3.8, 4) is 0 Å². The van der Waals surface area contributed by atoms with Crippen molar-refractivity contribution in [2.24, 2.45) is 0 Å². The van der Waals surface area contributed by atoms with Gasteiger partial charge in [0.1, 0.15) is 5.00 Å². The fourth-order valence-electron chi connectivity index (χ4n) is 0.688. The highest BCUT2D eigenvalue weighted by molar-refractivity contribution is 7.14. The van der Waals surface area contributed by atoms with Crippen LogP contribution < -0.4 is 4.90 Å². The number of anilines is 1. The van der Waals surface area contributed by atoms with Crippen LogP contribution in [0.2, 0.25) is 0 Å². The molecule has 0 bridgehead atoms. The molecule has 0 aliphatic rings. The van der Waals surface area contributed by atoms with Gasteiger partial charge in [0.25, 0.3) is 0 Å². The lowest BCUT2D eigenvalue weighted by molar-refractivity contribution is 0.180. The van der Waals surface area contributed by atoms with Gasteiger partial charge in [-0.15, -0.1) is 11.3 Å². The molecule has 4 heteroatoms. The Balaban J connectivity index is 2.70. The molecule has 1 aromatic heterocycles. The van der Waals surface area contributed by atoms with Crippen LogP contribution >= 0.6 is 11.3 Å². The standard InChI is InChI=1S/C7H9NO2S/c1-8(7(9)10-2)6-4-3-5-11-6/h3-5H,1-2H3. The van der Waals surface area contributed by atoms with Crippen LogP contribution in [0.3, 0.4) is 0 Å². The average molecular weight is 171 g/mol. The molecule has 11 heavy (non-hydrogen) atoms. The van der Waals surface area contributed by atoms with E-state index in [0.29, 0.717) is 0 Å². The summed E-state index contributed by atoms with van der Waals surface area (Å²) >= 11 is 1.50. The molecule has 0 aromatic carbocycles. The molecule has 0 saturated carbocycles. The van der Waals surface area contributed by atoms with Gasteiger partial charge in [0, 0.05) is 7.05 Å². The summed E-state index contributed by atoms with van der Waals surface area (Å²) in [5.74, 6) is 0. The van der Waals surface area contributed by atoms with E-state index in [2.05, 4.69) is 4.74 Å². The van der Waals surface area contributed by atoms with E-state index in [9.17, 15) is 4.79 Å². The summed E-state index contributed by atoms with van der Waals surface area (Å²) in [7, 11) is 3.05. The first-order valence-corrected chi connectivity index (χ1v) is 3.99. The quantitative estimate of drug-likeness (QED) is 0.646. The van der Waals surface area contributed by atoms with Gasteiger partial charge in [-0.05, 0) is 17.5 Å². The second kappa shape index (κ2) is 3.39. The lowest BCUT2D eigenvalue weighted by Crippen LogP contribution is -2.24. The third-order valence-electron chi connectivity index (χ3n) is 1.29. The summed E-state index contributed by atoms with van der Waals surface area (Å²) in [6.07, 6.45) is -0.340. The van der Waals surface area contributed by atoms with Crippen LogP contribution in [0.15, 0.2) is 17.5 Å². The Kier molecular flexibility index (Phi) is 2.48. The molecule has 1 rings (SSSR count). The summed E-state index contributed by atoms with van der Waals surface area (Å²) in [6.45, 7) is 0. The number of amides is 1. The first kappa shape index (κ1) is 8.07. The highest BCUT2D eigenvalue weighted by Crippen LogP contribution is 2.19. The van der Waals surface area contributed by atoms with E-state index >= 15 is 0 Å². The second-order valence-electron chi connectivity index (χ2n) is 1.98. The lowest BCUT2D eigenvalue weighted by atomic mass is 10.6. The summed E-state index contributed by atoms with van der Waals surface area (Å²) in [5.41, 5.74) is 0. The molecule has 0 saturated heterocycles. The van der Waals surface area contributed by atoms with E-state index in [0.717, 1.165) is 5.00 Å². The molecule has 1 heterocycles. The number of methoxy groups -OCH3 is 1. The first-order chi connectivity index (χ1) is 5.25. The smallest absolute Gasteiger partial charge is 0.414 e. The monoisotopic (exact) mass is 171 g/mol. The van der Waals surface area contributed by atoms with Crippen molar-refractivity contribution in [3.05, 3.63) is 17.5 Å². The van der Waals surface area contributed by atoms with Gasteiger partial charge in [0.2, 0.25) is 0 Å². The van der Waals surface area contributed by atoms with Gasteiger partial charge in [0.05, 0.1) is 7.11 Å².